The molecule has 0 unspecified atom stereocenters. The van der Waals surface area contributed by atoms with Crippen molar-refractivity contribution in [2.75, 3.05) is 0 Å². The van der Waals surface area contributed by atoms with E-state index in [1.54, 1.807) is 12.4 Å². The molecule has 0 aliphatic rings. The fourth-order valence-corrected chi connectivity index (χ4v) is 3.60. The van der Waals surface area contributed by atoms with Gasteiger partial charge < -0.3 is 4.98 Å². The SMILES string of the molecule is C=NCc1cnc(Sc2ccccc2)nc1-c1c[nH]c2ncc(C(F)(F)F)cc12. The summed E-state index contributed by atoms with van der Waals surface area (Å²) in [6.07, 6.45) is -0.446. The van der Waals surface area contributed by atoms with E-state index in [4.69, 9.17) is 0 Å². The van der Waals surface area contributed by atoms with Crippen LogP contribution >= 0.6 is 11.8 Å². The predicted molar refractivity (Wildman–Crippen MR) is 106 cm³/mol. The van der Waals surface area contributed by atoms with Crippen LogP contribution in [0.4, 0.5) is 13.2 Å². The van der Waals surface area contributed by atoms with Crippen LogP contribution in [0.15, 0.2) is 70.0 Å². The molecular formula is C20H14F3N5S. The Balaban J connectivity index is 1.84. The molecule has 0 bridgehead atoms. The minimum absolute atomic E-state index is 0.241. The molecule has 5 nitrogen and oxygen atoms in total. The van der Waals surface area contributed by atoms with Gasteiger partial charge in [0.1, 0.15) is 5.65 Å². The fourth-order valence-electron chi connectivity index (χ4n) is 2.86. The highest BCUT2D eigenvalue weighted by atomic mass is 32.2. The van der Waals surface area contributed by atoms with Crippen molar-refractivity contribution in [2.24, 2.45) is 4.99 Å². The summed E-state index contributed by atoms with van der Waals surface area (Å²) < 4.78 is 39.5. The van der Waals surface area contributed by atoms with E-state index < -0.39 is 11.7 Å². The lowest BCUT2D eigenvalue weighted by atomic mass is 10.1. The van der Waals surface area contributed by atoms with Crippen LogP contribution in [0.5, 0.6) is 0 Å². The molecule has 9 heteroatoms. The van der Waals surface area contributed by atoms with Crippen molar-refractivity contribution in [1.82, 2.24) is 19.9 Å². The zero-order valence-corrected chi connectivity index (χ0v) is 15.8. The molecule has 4 aromatic rings. The highest BCUT2D eigenvalue weighted by molar-refractivity contribution is 7.99. The van der Waals surface area contributed by atoms with E-state index in [2.05, 4.69) is 31.6 Å². The first kappa shape index (κ1) is 19.1. The van der Waals surface area contributed by atoms with Gasteiger partial charge in [0, 0.05) is 40.0 Å². The molecule has 3 aromatic heterocycles. The van der Waals surface area contributed by atoms with E-state index in [0.29, 0.717) is 33.0 Å². The van der Waals surface area contributed by atoms with E-state index in [-0.39, 0.29) is 6.54 Å². The Labute approximate surface area is 168 Å². The molecule has 0 atom stereocenters. The van der Waals surface area contributed by atoms with Crippen LogP contribution in [-0.2, 0) is 12.7 Å². The summed E-state index contributed by atoms with van der Waals surface area (Å²) in [5.41, 5.74) is 1.20. The van der Waals surface area contributed by atoms with Gasteiger partial charge in [-0.25, -0.2) is 15.0 Å². The number of fused-ring (bicyclic) bond motifs is 1. The molecule has 0 saturated heterocycles. The summed E-state index contributed by atoms with van der Waals surface area (Å²) in [5.74, 6) is 0. The van der Waals surface area contributed by atoms with Crippen LogP contribution in [0, 0.1) is 0 Å². The summed E-state index contributed by atoms with van der Waals surface area (Å²) in [4.78, 5) is 20.6. The van der Waals surface area contributed by atoms with E-state index in [1.165, 1.54) is 11.8 Å². The summed E-state index contributed by atoms with van der Waals surface area (Å²) in [7, 11) is 0. The maximum absolute atomic E-state index is 13.2. The molecule has 146 valence electrons. The van der Waals surface area contributed by atoms with Crippen molar-refractivity contribution >= 4 is 29.5 Å². The van der Waals surface area contributed by atoms with Crippen LogP contribution in [-0.4, -0.2) is 26.7 Å². The molecule has 0 spiro atoms. The van der Waals surface area contributed by atoms with Gasteiger partial charge in [-0.1, -0.05) is 18.2 Å². The van der Waals surface area contributed by atoms with Gasteiger partial charge >= 0.3 is 6.18 Å². The summed E-state index contributed by atoms with van der Waals surface area (Å²) >= 11 is 1.36. The molecule has 0 amide bonds. The summed E-state index contributed by atoms with van der Waals surface area (Å²) in [6, 6.07) is 10.7. The Morgan fingerprint density at radius 3 is 2.62 bits per heavy atom. The van der Waals surface area contributed by atoms with Crippen molar-refractivity contribution in [3.63, 3.8) is 0 Å². The lowest BCUT2D eigenvalue weighted by molar-refractivity contribution is -0.137. The van der Waals surface area contributed by atoms with E-state index >= 15 is 0 Å². The van der Waals surface area contributed by atoms with Gasteiger partial charge in [-0.15, -0.1) is 0 Å². The Hall–Kier alpha value is -3.20. The van der Waals surface area contributed by atoms with Gasteiger partial charge in [-0.2, -0.15) is 13.2 Å². The third-order valence-corrected chi connectivity index (χ3v) is 5.08. The van der Waals surface area contributed by atoms with Crippen molar-refractivity contribution < 1.29 is 13.2 Å². The average molecular weight is 413 g/mol. The molecule has 0 saturated carbocycles. The van der Waals surface area contributed by atoms with Crippen molar-refractivity contribution in [2.45, 2.75) is 22.8 Å². The Bertz CT molecular complexity index is 1170. The highest BCUT2D eigenvalue weighted by Gasteiger charge is 2.31. The number of aromatic amines is 1. The summed E-state index contributed by atoms with van der Waals surface area (Å²) in [5, 5.41) is 0.813. The van der Waals surface area contributed by atoms with Crippen LogP contribution < -0.4 is 0 Å². The maximum Gasteiger partial charge on any atom is 0.417 e. The summed E-state index contributed by atoms with van der Waals surface area (Å²) in [6.45, 7) is 3.74. The Morgan fingerprint density at radius 1 is 1.10 bits per heavy atom. The molecule has 0 aliphatic carbocycles. The molecule has 1 N–H and O–H groups in total. The molecule has 1 aromatic carbocycles. The van der Waals surface area contributed by atoms with Crippen molar-refractivity contribution in [3.05, 3.63) is 66.1 Å². The lowest BCUT2D eigenvalue weighted by Crippen LogP contribution is -2.05. The lowest BCUT2D eigenvalue weighted by Gasteiger charge is -2.09. The van der Waals surface area contributed by atoms with Crippen LogP contribution in [0.25, 0.3) is 22.3 Å². The van der Waals surface area contributed by atoms with Gasteiger partial charge in [0.15, 0.2) is 5.16 Å². The van der Waals surface area contributed by atoms with Gasteiger partial charge in [0.25, 0.3) is 0 Å². The van der Waals surface area contributed by atoms with Gasteiger partial charge in [0.2, 0.25) is 0 Å². The molecule has 4 rings (SSSR count). The number of hydrogen-bond donors (Lipinski definition) is 1. The number of halogens is 3. The highest BCUT2D eigenvalue weighted by Crippen LogP contribution is 2.35. The number of aliphatic imine (C=N–C) groups is 1. The first-order valence-corrected chi connectivity index (χ1v) is 9.33. The number of aromatic nitrogens is 4. The second kappa shape index (κ2) is 7.67. The Morgan fingerprint density at radius 2 is 1.90 bits per heavy atom. The normalized spacial score (nSPS) is 11.7. The van der Waals surface area contributed by atoms with E-state index in [0.717, 1.165) is 17.2 Å². The predicted octanol–water partition coefficient (Wildman–Crippen LogP) is 5.39. The fraction of sp³-hybridized carbons (Fsp3) is 0.100. The number of rotatable bonds is 5. The number of nitrogens with one attached hydrogen (secondary N) is 1. The van der Waals surface area contributed by atoms with Crippen molar-refractivity contribution in [1.29, 1.82) is 0 Å². The first-order chi connectivity index (χ1) is 14.0. The van der Waals surface area contributed by atoms with Gasteiger partial charge in [-0.3, -0.25) is 4.99 Å². The second-order valence-corrected chi connectivity index (χ2v) is 7.18. The third kappa shape index (κ3) is 4.00. The monoisotopic (exact) mass is 413 g/mol. The molecule has 3 heterocycles. The van der Waals surface area contributed by atoms with E-state index in [9.17, 15) is 13.2 Å². The zero-order valence-electron chi connectivity index (χ0n) is 14.9. The standard InChI is InChI=1S/C20H14F3N5S/c1-24-8-12-9-27-19(29-14-5-3-2-4-6-14)28-17(12)16-11-26-18-15(16)7-13(10-25-18)20(21,22)23/h2-7,9-11H,1,8H2,(H,25,26). The molecule has 29 heavy (non-hydrogen) atoms. The van der Waals surface area contributed by atoms with Crippen molar-refractivity contribution in [3.8, 4) is 11.3 Å². The minimum Gasteiger partial charge on any atom is -0.345 e. The van der Waals surface area contributed by atoms with Crippen LogP contribution in [0.3, 0.4) is 0 Å². The molecular weight excluding hydrogens is 399 g/mol. The number of benzene rings is 1. The van der Waals surface area contributed by atoms with E-state index in [1.807, 2.05) is 30.3 Å². The van der Waals surface area contributed by atoms with Crippen LogP contribution in [0.1, 0.15) is 11.1 Å². The quantitative estimate of drug-likeness (QED) is 0.352. The largest absolute Gasteiger partial charge is 0.417 e. The maximum atomic E-state index is 13.2. The smallest absolute Gasteiger partial charge is 0.345 e. The van der Waals surface area contributed by atoms with Crippen LogP contribution in [0.2, 0.25) is 0 Å². The second-order valence-electron chi connectivity index (χ2n) is 6.14. The average Bonchev–Trinajstić information content (AvgIpc) is 3.12. The number of pyridine rings is 1. The van der Waals surface area contributed by atoms with Gasteiger partial charge in [-0.05, 0) is 36.7 Å². The minimum atomic E-state index is -4.48. The number of H-pyrrole nitrogens is 1. The first-order valence-electron chi connectivity index (χ1n) is 8.51. The Kier molecular flexibility index (Phi) is 5.06. The molecule has 0 aliphatic heterocycles. The molecule has 0 fully saturated rings. The zero-order chi connectivity index (χ0) is 20.4. The topological polar surface area (TPSA) is 66.8 Å². The number of hydrogen-bond acceptors (Lipinski definition) is 5. The number of alkyl halides is 3. The third-order valence-electron chi connectivity index (χ3n) is 4.19. The van der Waals surface area contributed by atoms with Gasteiger partial charge in [0.05, 0.1) is 17.8 Å². The molecule has 0 radical (unpaired) electrons. The number of nitrogens with zero attached hydrogens (tertiary/aromatic N) is 4.